The van der Waals surface area contributed by atoms with Gasteiger partial charge in [-0.05, 0) is 121 Å². The minimum absolute atomic E-state index is 0.882. The van der Waals surface area contributed by atoms with Gasteiger partial charge in [0.1, 0.15) is 11.2 Å². The van der Waals surface area contributed by atoms with Crippen molar-refractivity contribution in [1.29, 1.82) is 0 Å². The van der Waals surface area contributed by atoms with Gasteiger partial charge in [-0.2, -0.15) is 0 Å². The molecule has 0 spiro atoms. The summed E-state index contributed by atoms with van der Waals surface area (Å²) in [5.74, 6) is 0. The Hall–Kier alpha value is -7.68. The van der Waals surface area contributed by atoms with Crippen LogP contribution in [0.25, 0.3) is 88.0 Å². The average Bonchev–Trinajstić information content (AvgIpc) is 3.67. The third kappa shape index (κ3) is 6.00. The molecule has 0 amide bonds. The van der Waals surface area contributed by atoms with Gasteiger partial charge >= 0.3 is 0 Å². The molecule has 0 aliphatic rings. The third-order valence-electron chi connectivity index (χ3n) is 11.4. The second kappa shape index (κ2) is 14.1. The average molecular weight is 740 g/mol. The summed E-state index contributed by atoms with van der Waals surface area (Å²) in [6.07, 6.45) is 0. The Balaban J connectivity index is 1.04. The number of para-hydroxylation sites is 2. The van der Waals surface area contributed by atoms with Gasteiger partial charge in [0.2, 0.25) is 0 Å². The Morgan fingerprint density at radius 1 is 0.276 bits per heavy atom. The van der Waals surface area contributed by atoms with Crippen molar-refractivity contribution < 1.29 is 4.42 Å². The van der Waals surface area contributed by atoms with Gasteiger partial charge in [-0.1, -0.05) is 164 Å². The zero-order valence-corrected chi connectivity index (χ0v) is 31.7. The molecular weight excluding hydrogens is 703 g/mol. The molecule has 0 atom stereocenters. The third-order valence-corrected chi connectivity index (χ3v) is 11.4. The van der Waals surface area contributed by atoms with Gasteiger partial charge in [0.05, 0.1) is 5.69 Å². The molecule has 11 rings (SSSR count). The molecule has 2 heteroatoms. The van der Waals surface area contributed by atoms with Gasteiger partial charge in [0, 0.05) is 27.7 Å². The summed E-state index contributed by atoms with van der Waals surface area (Å²) in [6.45, 7) is 0. The van der Waals surface area contributed by atoms with Crippen molar-refractivity contribution in [1.82, 2.24) is 0 Å². The molecule has 11 aromatic rings. The molecule has 272 valence electrons. The monoisotopic (exact) mass is 739 g/mol. The van der Waals surface area contributed by atoms with E-state index in [2.05, 4.69) is 217 Å². The van der Waals surface area contributed by atoms with Crippen LogP contribution in [0.1, 0.15) is 0 Å². The number of furan rings is 1. The van der Waals surface area contributed by atoms with E-state index in [1.807, 2.05) is 12.1 Å². The second-order valence-electron chi connectivity index (χ2n) is 14.9. The standard InChI is InChI=1S/C56H37NO/c1-2-14-41-34-45(27-26-38(41)12-1)43-17-9-16-42(35-43)44-18-10-19-48(36-44)57(47-31-28-40(29-32-47)50-23-11-15-39-13-3-4-20-49(39)50)54-24-7-5-21-51(54)46-30-33-53-52-22-6-8-25-55(52)58-56(53)37-46/h1-37H. The lowest BCUT2D eigenvalue weighted by molar-refractivity contribution is 0.669. The second-order valence-corrected chi connectivity index (χ2v) is 14.9. The molecule has 0 N–H and O–H groups in total. The fraction of sp³-hybridized carbons (Fsp3) is 0. The molecule has 0 fully saturated rings. The van der Waals surface area contributed by atoms with Gasteiger partial charge in [0.15, 0.2) is 0 Å². The molecule has 0 aliphatic carbocycles. The summed E-state index contributed by atoms with van der Waals surface area (Å²) in [5.41, 5.74) is 14.4. The van der Waals surface area contributed by atoms with E-state index >= 15 is 0 Å². The van der Waals surface area contributed by atoms with E-state index in [4.69, 9.17) is 4.42 Å². The highest BCUT2D eigenvalue weighted by molar-refractivity contribution is 6.06. The SMILES string of the molecule is c1cc(-c2cccc(N(c3ccc(-c4cccc5ccccc45)cc3)c3ccccc3-c3ccc4c(c3)oc3ccccc34)c2)cc(-c2ccc3ccccc3c2)c1. The Bertz CT molecular complexity index is 3290. The number of anilines is 3. The summed E-state index contributed by atoms with van der Waals surface area (Å²) in [6, 6.07) is 80.8. The van der Waals surface area contributed by atoms with Gasteiger partial charge in [-0.25, -0.2) is 0 Å². The predicted octanol–water partition coefficient (Wildman–Crippen LogP) is 16.0. The van der Waals surface area contributed by atoms with E-state index in [-0.39, 0.29) is 0 Å². The van der Waals surface area contributed by atoms with Gasteiger partial charge < -0.3 is 9.32 Å². The summed E-state index contributed by atoms with van der Waals surface area (Å²) in [7, 11) is 0. The normalized spacial score (nSPS) is 11.4. The van der Waals surface area contributed by atoms with Crippen molar-refractivity contribution in [2.75, 3.05) is 4.90 Å². The molecular formula is C56H37NO. The van der Waals surface area contributed by atoms with E-state index in [1.165, 1.54) is 49.4 Å². The molecule has 1 aromatic heterocycles. The number of fused-ring (bicyclic) bond motifs is 5. The molecule has 0 bridgehead atoms. The van der Waals surface area contributed by atoms with Crippen LogP contribution in [0, 0.1) is 0 Å². The molecule has 0 saturated heterocycles. The summed E-state index contributed by atoms with van der Waals surface area (Å²) < 4.78 is 6.38. The maximum Gasteiger partial charge on any atom is 0.136 e. The van der Waals surface area contributed by atoms with E-state index in [0.29, 0.717) is 0 Å². The van der Waals surface area contributed by atoms with Crippen LogP contribution in [-0.4, -0.2) is 0 Å². The Kier molecular flexibility index (Phi) is 8.19. The maximum atomic E-state index is 6.38. The van der Waals surface area contributed by atoms with Crippen LogP contribution in [0.15, 0.2) is 229 Å². The number of benzene rings is 10. The van der Waals surface area contributed by atoms with Crippen LogP contribution in [0.3, 0.4) is 0 Å². The minimum Gasteiger partial charge on any atom is -0.456 e. The largest absolute Gasteiger partial charge is 0.456 e. The summed E-state index contributed by atoms with van der Waals surface area (Å²) >= 11 is 0. The lowest BCUT2D eigenvalue weighted by Crippen LogP contribution is -2.11. The van der Waals surface area contributed by atoms with E-state index < -0.39 is 0 Å². The van der Waals surface area contributed by atoms with Crippen LogP contribution < -0.4 is 4.90 Å². The fourth-order valence-electron chi connectivity index (χ4n) is 8.57. The van der Waals surface area contributed by atoms with E-state index in [1.54, 1.807) is 0 Å². The van der Waals surface area contributed by atoms with E-state index in [9.17, 15) is 0 Å². The zero-order chi connectivity index (χ0) is 38.4. The molecule has 0 saturated carbocycles. The predicted molar refractivity (Wildman–Crippen MR) is 245 cm³/mol. The Morgan fingerprint density at radius 3 is 1.72 bits per heavy atom. The first-order chi connectivity index (χ1) is 28.7. The lowest BCUT2D eigenvalue weighted by atomic mass is 9.96. The van der Waals surface area contributed by atoms with Crippen molar-refractivity contribution in [3.05, 3.63) is 224 Å². The van der Waals surface area contributed by atoms with Crippen molar-refractivity contribution in [2.45, 2.75) is 0 Å². The minimum atomic E-state index is 0.882. The van der Waals surface area contributed by atoms with Crippen molar-refractivity contribution in [2.24, 2.45) is 0 Å². The topological polar surface area (TPSA) is 16.4 Å². The van der Waals surface area contributed by atoms with Crippen molar-refractivity contribution in [3.63, 3.8) is 0 Å². The van der Waals surface area contributed by atoms with Crippen molar-refractivity contribution in [3.8, 4) is 44.5 Å². The molecule has 2 nitrogen and oxygen atoms in total. The van der Waals surface area contributed by atoms with E-state index in [0.717, 1.165) is 55.7 Å². The van der Waals surface area contributed by atoms with Gasteiger partial charge in [-0.3, -0.25) is 0 Å². The van der Waals surface area contributed by atoms with Crippen LogP contribution in [0.5, 0.6) is 0 Å². The number of nitrogens with zero attached hydrogens (tertiary/aromatic N) is 1. The number of hydrogen-bond acceptors (Lipinski definition) is 2. The first-order valence-electron chi connectivity index (χ1n) is 19.8. The molecule has 0 aliphatic heterocycles. The fourth-order valence-corrected chi connectivity index (χ4v) is 8.57. The van der Waals surface area contributed by atoms with Crippen LogP contribution >= 0.6 is 0 Å². The lowest BCUT2D eigenvalue weighted by Gasteiger charge is -2.28. The zero-order valence-electron chi connectivity index (χ0n) is 31.7. The first kappa shape index (κ1) is 33.6. The molecule has 58 heavy (non-hydrogen) atoms. The quantitative estimate of drug-likeness (QED) is 0.162. The van der Waals surface area contributed by atoms with Crippen LogP contribution in [0.4, 0.5) is 17.1 Å². The van der Waals surface area contributed by atoms with Crippen LogP contribution in [0.2, 0.25) is 0 Å². The summed E-state index contributed by atoms with van der Waals surface area (Å²) in [4.78, 5) is 2.39. The first-order valence-corrected chi connectivity index (χ1v) is 19.8. The molecule has 1 heterocycles. The summed E-state index contributed by atoms with van der Waals surface area (Å²) in [5, 5.41) is 7.23. The molecule has 0 radical (unpaired) electrons. The molecule has 0 unspecified atom stereocenters. The van der Waals surface area contributed by atoms with Gasteiger partial charge in [-0.15, -0.1) is 0 Å². The highest BCUT2D eigenvalue weighted by Gasteiger charge is 2.19. The molecule has 10 aromatic carbocycles. The number of rotatable bonds is 7. The Morgan fingerprint density at radius 2 is 0.862 bits per heavy atom. The Labute approximate surface area is 337 Å². The smallest absolute Gasteiger partial charge is 0.136 e. The highest BCUT2D eigenvalue weighted by Crippen LogP contribution is 2.44. The maximum absolute atomic E-state index is 6.38. The number of hydrogen-bond donors (Lipinski definition) is 0. The van der Waals surface area contributed by atoms with Crippen molar-refractivity contribution >= 4 is 60.5 Å². The van der Waals surface area contributed by atoms with Crippen LogP contribution in [-0.2, 0) is 0 Å². The highest BCUT2D eigenvalue weighted by atomic mass is 16.3. The van der Waals surface area contributed by atoms with Gasteiger partial charge in [0.25, 0.3) is 0 Å².